The van der Waals surface area contributed by atoms with E-state index in [1.165, 1.54) is 0 Å². The Kier molecular flexibility index (Phi) is 7.51. The Morgan fingerprint density at radius 2 is 1.92 bits per heavy atom. The van der Waals surface area contributed by atoms with Gasteiger partial charge in [0.15, 0.2) is 0 Å². The van der Waals surface area contributed by atoms with Crippen molar-refractivity contribution in [2.45, 2.75) is 20.0 Å². The predicted octanol–water partition coefficient (Wildman–Crippen LogP) is 1.61. The molecule has 1 amide bonds. The first-order valence-corrected chi connectivity index (χ1v) is 12.5. The zero-order valence-electron chi connectivity index (χ0n) is 21.2. The van der Waals surface area contributed by atoms with Crippen LogP contribution >= 0.6 is 0 Å². The van der Waals surface area contributed by atoms with Gasteiger partial charge in [-0.2, -0.15) is 10.4 Å². The number of nitrogens with one attached hydrogen (secondary N) is 1. The van der Waals surface area contributed by atoms with Crippen molar-refractivity contribution >= 4 is 17.4 Å². The number of nitrogens with zero attached hydrogens (tertiary/aromatic N) is 6. The van der Waals surface area contributed by atoms with Gasteiger partial charge in [0, 0.05) is 56.6 Å². The Bertz CT molecular complexity index is 1390. The Balaban J connectivity index is 1.05. The maximum atomic E-state index is 12.6. The lowest BCUT2D eigenvalue weighted by atomic mass is 10.1. The molecule has 3 aromatic rings. The van der Waals surface area contributed by atoms with E-state index < -0.39 is 0 Å². The molecule has 2 aliphatic rings. The van der Waals surface area contributed by atoms with Gasteiger partial charge in [0.1, 0.15) is 30.9 Å². The number of anilines is 2. The number of fused-ring (bicyclic) bond motifs is 1. The SMILES string of the molecule is Cc1c(N2Cc3cccc(OCCOCC(=O)N4CCN(c5ccc(C#N)cn5)CC4)c3C2)cn[nH]c1=O. The number of aromatic nitrogens is 3. The van der Waals surface area contributed by atoms with Gasteiger partial charge in [-0.05, 0) is 30.7 Å². The van der Waals surface area contributed by atoms with E-state index in [-0.39, 0.29) is 18.1 Å². The quantitative estimate of drug-likeness (QED) is 0.445. The van der Waals surface area contributed by atoms with Crippen LogP contribution in [0.3, 0.4) is 0 Å². The molecule has 0 atom stereocenters. The maximum Gasteiger partial charge on any atom is 0.269 e. The summed E-state index contributed by atoms with van der Waals surface area (Å²) in [4.78, 5) is 34.9. The summed E-state index contributed by atoms with van der Waals surface area (Å²) in [5, 5.41) is 15.3. The highest BCUT2D eigenvalue weighted by Crippen LogP contribution is 2.34. The van der Waals surface area contributed by atoms with Gasteiger partial charge in [0.25, 0.3) is 5.56 Å². The number of carbonyl (C=O) groups is 1. The lowest BCUT2D eigenvalue weighted by Gasteiger charge is -2.35. The Morgan fingerprint density at radius 1 is 1.08 bits per heavy atom. The van der Waals surface area contributed by atoms with Gasteiger partial charge in [-0.25, -0.2) is 10.1 Å². The Labute approximate surface area is 220 Å². The van der Waals surface area contributed by atoms with Crippen molar-refractivity contribution in [2.24, 2.45) is 0 Å². The first-order chi connectivity index (χ1) is 18.5. The van der Waals surface area contributed by atoms with Crippen molar-refractivity contribution in [3.8, 4) is 11.8 Å². The van der Waals surface area contributed by atoms with Crippen molar-refractivity contribution < 1.29 is 14.3 Å². The number of benzene rings is 1. The molecule has 4 heterocycles. The zero-order chi connectivity index (χ0) is 26.5. The van der Waals surface area contributed by atoms with Crippen LogP contribution in [-0.2, 0) is 22.6 Å². The predicted molar refractivity (Wildman–Crippen MR) is 140 cm³/mol. The molecular weight excluding hydrogens is 486 g/mol. The number of carbonyl (C=O) groups excluding carboxylic acids is 1. The van der Waals surface area contributed by atoms with Crippen LogP contribution < -0.4 is 20.1 Å². The minimum atomic E-state index is -0.188. The molecule has 2 aliphatic heterocycles. The van der Waals surface area contributed by atoms with E-state index in [4.69, 9.17) is 14.7 Å². The number of piperazine rings is 1. The van der Waals surface area contributed by atoms with E-state index in [1.54, 1.807) is 30.3 Å². The monoisotopic (exact) mass is 515 g/mol. The standard InChI is InChI=1S/C27H29N7O4/c1-19-23(15-30-31-27(19)36)34-16-21-3-2-4-24(22(21)17-34)38-12-11-37-18-26(35)33-9-7-32(8-10-33)25-6-5-20(13-28)14-29-25/h2-6,14-15H,7-12,16-18H2,1H3,(H,31,36). The van der Waals surface area contributed by atoms with Crippen LogP contribution in [0.1, 0.15) is 22.3 Å². The summed E-state index contributed by atoms with van der Waals surface area (Å²) in [6.07, 6.45) is 3.24. The fourth-order valence-corrected chi connectivity index (χ4v) is 4.75. The molecule has 196 valence electrons. The Morgan fingerprint density at radius 3 is 2.68 bits per heavy atom. The molecule has 0 unspecified atom stereocenters. The van der Waals surface area contributed by atoms with Gasteiger partial charge in [0.05, 0.1) is 24.1 Å². The van der Waals surface area contributed by atoms with Gasteiger partial charge >= 0.3 is 0 Å². The largest absolute Gasteiger partial charge is 0.491 e. The van der Waals surface area contributed by atoms with Crippen molar-refractivity contribution in [2.75, 3.05) is 55.8 Å². The van der Waals surface area contributed by atoms with E-state index in [1.807, 2.05) is 18.2 Å². The molecule has 0 saturated carbocycles. The molecule has 1 fully saturated rings. The molecule has 5 rings (SSSR count). The second-order valence-electron chi connectivity index (χ2n) is 9.25. The van der Waals surface area contributed by atoms with Gasteiger partial charge < -0.3 is 24.2 Å². The highest BCUT2D eigenvalue weighted by Gasteiger charge is 2.25. The third-order valence-electron chi connectivity index (χ3n) is 6.90. The highest BCUT2D eigenvalue weighted by atomic mass is 16.5. The minimum Gasteiger partial charge on any atom is -0.491 e. The number of pyridine rings is 1. The van der Waals surface area contributed by atoms with E-state index in [0.29, 0.717) is 63.6 Å². The molecule has 0 aliphatic carbocycles. The van der Waals surface area contributed by atoms with Crippen molar-refractivity contribution in [3.63, 3.8) is 0 Å². The van der Waals surface area contributed by atoms with Crippen LogP contribution in [0.25, 0.3) is 0 Å². The third-order valence-corrected chi connectivity index (χ3v) is 6.90. The van der Waals surface area contributed by atoms with Crippen LogP contribution in [0.4, 0.5) is 11.5 Å². The number of H-pyrrole nitrogens is 1. The summed E-state index contributed by atoms with van der Waals surface area (Å²) in [5.41, 5.74) is 4.02. The van der Waals surface area contributed by atoms with Crippen LogP contribution in [0.2, 0.25) is 0 Å². The fraction of sp³-hybridized carbons (Fsp3) is 0.370. The van der Waals surface area contributed by atoms with E-state index >= 15 is 0 Å². The van der Waals surface area contributed by atoms with Crippen molar-refractivity contribution in [1.29, 1.82) is 5.26 Å². The molecule has 0 spiro atoms. The smallest absolute Gasteiger partial charge is 0.269 e. The van der Waals surface area contributed by atoms with Gasteiger partial charge in [-0.3, -0.25) is 9.59 Å². The lowest BCUT2D eigenvalue weighted by Crippen LogP contribution is -2.50. The molecule has 0 bridgehead atoms. The van der Waals surface area contributed by atoms with Crippen molar-refractivity contribution in [3.05, 3.63) is 75.3 Å². The summed E-state index contributed by atoms with van der Waals surface area (Å²) in [5.74, 6) is 1.54. The molecular formula is C27H29N7O4. The molecule has 38 heavy (non-hydrogen) atoms. The number of hydrogen-bond donors (Lipinski definition) is 1. The number of ether oxygens (including phenoxy) is 2. The Hall–Kier alpha value is -4.43. The second-order valence-corrected chi connectivity index (χ2v) is 9.25. The molecule has 11 heteroatoms. The maximum absolute atomic E-state index is 12.6. The van der Waals surface area contributed by atoms with Gasteiger partial charge in [-0.1, -0.05) is 12.1 Å². The first-order valence-electron chi connectivity index (χ1n) is 12.5. The third kappa shape index (κ3) is 5.45. The average molecular weight is 516 g/mol. The molecule has 0 radical (unpaired) electrons. The summed E-state index contributed by atoms with van der Waals surface area (Å²) in [7, 11) is 0. The number of rotatable bonds is 8. The number of aromatic amines is 1. The van der Waals surface area contributed by atoms with E-state index in [0.717, 1.165) is 28.4 Å². The summed E-state index contributed by atoms with van der Waals surface area (Å²) in [6.45, 7) is 6.27. The van der Waals surface area contributed by atoms with Gasteiger partial charge in [0.2, 0.25) is 5.91 Å². The summed E-state index contributed by atoms with van der Waals surface area (Å²) >= 11 is 0. The zero-order valence-corrected chi connectivity index (χ0v) is 21.2. The highest BCUT2D eigenvalue weighted by molar-refractivity contribution is 5.77. The van der Waals surface area contributed by atoms with Crippen LogP contribution in [0.5, 0.6) is 5.75 Å². The summed E-state index contributed by atoms with van der Waals surface area (Å²) in [6, 6.07) is 11.6. The molecule has 1 N–H and O–H groups in total. The number of amides is 1. The van der Waals surface area contributed by atoms with E-state index in [9.17, 15) is 9.59 Å². The molecule has 1 aromatic carbocycles. The van der Waals surface area contributed by atoms with Crippen LogP contribution in [0.15, 0.2) is 47.5 Å². The molecule has 11 nitrogen and oxygen atoms in total. The molecule has 1 saturated heterocycles. The topological polar surface area (TPSA) is 128 Å². The number of hydrogen-bond acceptors (Lipinski definition) is 9. The average Bonchev–Trinajstić information content (AvgIpc) is 3.39. The molecule has 2 aromatic heterocycles. The van der Waals surface area contributed by atoms with Crippen molar-refractivity contribution in [1.82, 2.24) is 20.1 Å². The normalized spacial score (nSPS) is 14.8. The minimum absolute atomic E-state index is 0.00792. The lowest BCUT2D eigenvalue weighted by molar-refractivity contribution is -0.136. The summed E-state index contributed by atoms with van der Waals surface area (Å²) < 4.78 is 11.6. The fourth-order valence-electron chi connectivity index (χ4n) is 4.75. The van der Waals surface area contributed by atoms with Crippen LogP contribution in [-0.4, -0.2) is 72.0 Å². The first kappa shape index (κ1) is 25.2. The van der Waals surface area contributed by atoms with E-state index in [2.05, 4.69) is 37.1 Å². The number of nitriles is 1. The van der Waals surface area contributed by atoms with Gasteiger partial charge in [-0.15, -0.1) is 0 Å². The van der Waals surface area contributed by atoms with Crippen LogP contribution in [0, 0.1) is 18.3 Å². The second kappa shape index (κ2) is 11.3.